The normalized spacial score (nSPS) is 30.0. The molecule has 9 rings (SSSR count). The van der Waals surface area contributed by atoms with Gasteiger partial charge in [0.1, 0.15) is 29.9 Å². The summed E-state index contributed by atoms with van der Waals surface area (Å²) >= 11 is 0. The van der Waals surface area contributed by atoms with Crippen LogP contribution < -0.4 is 24.4 Å². The van der Waals surface area contributed by atoms with Gasteiger partial charge in [-0.15, -0.1) is 0 Å². The number of aromatic hydroxyl groups is 1. The number of benzene rings is 2. The van der Waals surface area contributed by atoms with Crippen LogP contribution in [0.15, 0.2) is 12.1 Å². The van der Waals surface area contributed by atoms with Crippen molar-refractivity contribution < 1.29 is 28.1 Å². The van der Waals surface area contributed by atoms with Gasteiger partial charge in [-0.25, -0.2) is 8.78 Å². The van der Waals surface area contributed by atoms with Crippen LogP contribution in [0.1, 0.15) is 68.9 Å². The molecule has 2 N–H and O–H groups in total. The Kier molecular flexibility index (Phi) is 6.36. The van der Waals surface area contributed by atoms with E-state index in [1.165, 1.54) is 0 Å². The van der Waals surface area contributed by atoms with Crippen molar-refractivity contribution in [2.45, 2.75) is 88.0 Å². The lowest BCUT2D eigenvalue weighted by Crippen LogP contribution is -2.51. The number of rotatable bonds is 6. The van der Waals surface area contributed by atoms with Crippen molar-refractivity contribution in [1.82, 2.24) is 20.2 Å². The van der Waals surface area contributed by atoms with Gasteiger partial charge in [-0.3, -0.25) is 4.90 Å². The van der Waals surface area contributed by atoms with E-state index in [0.717, 1.165) is 75.7 Å². The summed E-state index contributed by atoms with van der Waals surface area (Å²) in [4.78, 5) is 14.1. The number of phenols is 1. The molecule has 0 amide bonds. The van der Waals surface area contributed by atoms with E-state index < -0.39 is 12.0 Å². The lowest BCUT2D eigenvalue weighted by Gasteiger charge is -2.35. The molecule has 4 fully saturated rings. The number of alkyl halides is 1. The molecule has 0 saturated carbocycles. The van der Waals surface area contributed by atoms with Crippen molar-refractivity contribution in [1.29, 1.82) is 0 Å². The smallest absolute Gasteiger partial charge is 0.319 e. The van der Waals surface area contributed by atoms with E-state index in [4.69, 9.17) is 24.2 Å². The van der Waals surface area contributed by atoms with Crippen molar-refractivity contribution in [3.05, 3.63) is 29.1 Å². The van der Waals surface area contributed by atoms with Crippen molar-refractivity contribution in [2.24, 2.45) is 0 Å². The quantitative estimate of drug-likeness (QED) is 0.386. The summed E-state index contributed by atoms with van der Waals surface area (Å²) in [6.07, 6.45) is 6.24. The fourth-order valence-electron chi connectivity index (χ4n) is 9.29. The fraction of sp³-hybridized carbons (Fsp3) is 0.588. The minimum absolute atomic E-state index is 0.0493. The third kappa shape index (κ3) is 4.29. The highest BCUT2D eigenvalue weighted by atomic mass is 19.1. The molecular formula is C34H39F2N5O4. The van der Waals surface area contributed by atoms with Crippen LogP contribution in [0.3, 0.4) is 0 Å². The maximum Gasteiger partial charge on any atom is 0.319 e. The van der Waals surface area contributed by atoms with Crippen LogP contribution in [0.4, 0.5) is 14.6 Å². The number of phenolic OH excluding ortho intramolecular Hbond substituents is 1. The SMILES string of the molecule is CCC1CCc2cc(O)cc(-c3c4c(c5c(N6C[C@H]7CC[C@@H](C6)N7)nc(OC[C@@]67CCCN6C[C@H](F)C7)nc5c3F)OCO4)c21. The molecule has 6 aliphatic rings. The van der Waals surface area contributed by atoms with Crippen molar-refractivity contribution in [3.8, 4) is 34.4 Å². The zero-order chi connectivity index (χ0) is 30.4. The van der Waals surface area contributed by atoms with E-state index in [9.17, 15) is 9.50 Å². The maximum atomic E-state index is 17.3. The standard InChI is InChI=1S/C34H39F2N5O4/c1-2-18-4-5-19-10-23(42)11-24(25(18)19)26-28(36)29-27(31-30(26)44-17-45-31)32(40-14-21-6-7-22(15-40)37-21)39-33(38-29)43-16-34-8-3-9-41(34)13-20(35)12-34/h10-11,18,20-22,37,42H,2-9,12-17H2,1H3/t18?,20-,21-,22+,34+/m1/s1. The summed E-state index contributed by atoms with van der Waals surface area (Å²) in [6.45, 7) is 5.06. The van der Waals surface area contributed by atoms with Gasteiger partial charge < -0.3 is 29.5 Å². The van der Waals surface area contributed by atoms with Gasteiger partial charge in [0.05, 0.1) is 16.5 Å². The van der Waals surface area contributed by atoms with Gasteiger partial charge >= 0.3 is 6.01 Å². The molecule has 5 aliphatic heterocycles. The molecule has 1 aromatic heterocycles. The van der Waals surface area contributed by atoms with E-state index in [1.807, 2.05) is 0 Å². The third-order valence-electron chi connectivity index (χ3n) is 11.3. The number of aromatic nitrogens is 2. The molecule has 9 nitrogen and oxygen atoms in total. The predicted molar refractivity (Wildman–Crippen MR) is 165 cm³/mol. The Hall–Kier alpha value is -3.44. The molecule has 1 aliphatic carbocycles. The van der Waals surface area contributed by atoms with Crippen LogP contribution in [0.2, 0.25) is 0 Å². The highest BCUT2D eigenvalue weighted by Gasteiger charge is 2.49. The lowest BCUT2D eigenvalue weighted by molar-refractivity contribution is 0.107. The van der Waals surface area contributed by atoms with Gasteiger partial charge in [0, 0.05) is 38.1 Å². The first-order valence-electron chi connectivity index (χ1n) is 16.6. The number of fused-ring (bicyclic) bond motifs is 7. The fourth-order valence-corrected chi connectivity index (χ4v) is 9.29. The second-order valence-corrected chi connectivity index (χ2v) is 13.9. The van der Waals surface area contributed by atoms with Crippen LogP contribution in [0, 0.1) is 5.82 Å². The molecule has 5 atom stereocenters. The molecule has 0 spiro atoms. The van der Waals surface area contributed by atoms with E-state index in [-0.39, 0.29) is 47.7 Å². The summed E-state index contributed by atoms with van der Waals surface area (Å²) in [5.74, 6) is 1.13. The summed E-state index contributed by atoms with van der Waals surface area (Å²) in [7, 11) is 0. The molecule has 3 aromatic rings. The maximum absolute atomic E-state index is 17.3. The first kappa shape index (κ1) is 27.8. The average Bonchev–Trinajstić information content (AvgIpc) is 3.85. The number of hydrogen-bond donors (Lipinski definition) is 2. The predicted octanol–water partition coefficient (Wildman–Crippen LogP) is 5.21. The Morgan fingerprint density at radius 1 is 1.11 bits per heavy atom. The largest absolute Gasteiger partial charge is 0.508 e. The Balaban J connectivity index is 1.23. The number of piperazine rings is 1. The van der Waals surface area contributed by atoms with Gasteiger partial charge in [-0.1, -0.05) is 6.92 Å². The minimum atomic E-state index is -0.881. The van der Waals surface area contributed by atoms with Crippen molar-refractivity contribution >= 4 is 16.7 Å². The molecule has 45 heavy (non-hydrogen) atoms. The van der Waals surface area contributed by atoms with Crippen LogP contribution in [0.25, 0.3) is 22.0 Å². The van der Waals surface area contributed by atoms with Crippen LogP contribution >= 0.6 is 0 Å². The Bertz CT molecular complexity index is 1690. The van der Waals surface area contributed by atoms with Gasteiger partial charge in [0.25, 0.3) is 0 Å². The zero-order valence-corrected chi connectivity index (χ0v) is 25.6. The van der Waals surface area contributed by atoms with E-state index in [1.54, 1.807) is 12.1 Å². The Morgan fingerprint density at radius 3 is 2.76 bits per heavy atom. The second-order valence-electron chi connectivity index (χ2n) is 13.9. The van der Waals surface area contributed by atoms with Crippen LogP contribution in [-0.2, 0) is 6.42 Å². The molecule has 1 unspecified atom stereocenters. The van der Waals surface area contributed by atoms with Crippen LogP contribution in [-0.4, -0.2) is 83.3 Å². The molecule has 2 bridgehead atoms. The van der Waals surface area contributed by atoms with Gasteiger partial charge in [0.2, 0.25) is 6.79 Å². The monoisotopic (exact) mass is 619 g/mol. The van der Waals surface area contributed by atoms with Crippen molar-refractivity contribution in [2.75, 3.05) is 44.5 Å². The first-order chi connectivity index (χ1) is 21.9. The molecular weight excluding hydrogens is 580 g/mol. The Labute approximate surface area is 260 Å². The molecule has 0 radical (unpaired) electrons. The number of nitrogens with zero attached hydrogens (tertiary/aromatic N) is 4. The summed E-state index contributed by atoms with van der Waals surface area (Å²) in [5.41, 5.74) is 2.70. The molecule has 4 saturated heterocycles. The summed E-state index contributed by atoms with van der Waals surface area (Å²) in [5, 5.41) is 14.9. The molecule has 238 valence electrons. The number of nitrogens with one attached hydrogen (secondary N) is 1. The summed E-state index contributed by atoms with van der Waals surface area (Å²) in [6, 6.07) is 4.17. The topological polar surface area (TPSA) is 92.2 Å². The van der Waals surface area contributed by atoms with E-state index >= 15 is 4.39 Å². The number of hydrogen-bond acceptors (Lipinski definition) is 9. The number of anilines is 1. The third-order valence-corrected chi connectivity index (χ3v) is 11.3. The molecule has 6 heterocycles. The highest BCUT2D eigenvalue weighted by Crippen LogP contribution is 2.54. The van der Waals surface area contributed by atoms with Crippen molar-refractivity contribution in [3.63, 3.8) is 0 Å². The highest BCUT2D eigenvalue weighted by molar-refractivity contribution is 6.03. The molecule has 11 heteroatoms. The van der Waals surface area contributed by atoms with E-state index in [2.05, 4.69) is 22.0 Å². The van der Waals surface area contributed by atoms with Gasteiger partial charge in [0.15, 0.2) is 17.3 Å². The minimum Gasteiger partial charge on any atom is -0.508 e. The summed E-state index contributed by atoms with van der Waals surface area (Å²) < 4.78 is 50.3. The lowest BCUT2D eigenvalue weighted by atomic mass is 9.88. The molecule has 2 aromatic carbocycles. The Morgan fingerprint density at radius 2 is 1.93 bits per heavy atom. The second kappa shape index (κ2) is 10.3. The first-order valence-corrected chi connectivity index (χ1v) is 16.6. The van der Waals surface area contributed by atoms with Crippen LogP contribution in [0.5, 0.6) is 23.3 Å². The number of ether oxygens (including phenoxy) is 3. The average molecular weight is 620 g/mol. The number of halogens is 2. The number of aryl methyl sites for hydroxylation is 1. The van der Waals surface area contributed by atoms with Gasteiger partial charge in [-0.05, 0) is 86.2 Å². The van der Waals surface area contributed by atoms with E-state index in [0.29, 0.717) is 53.3 Å². The zero-order valence-electron chi connectivity index (χ0n) is 25.6. The van der Waals surface area contributed by atoms with Gasteiger partial charge in [-0.2, -0.15) is 9.97 Å².